The summed E-state index contributed by atoms with van der Waals surface area (Å²) in [5.41, 5.74) is 5.14. The van der Waals surface area contributed by atoms with Crippen LogP contribution in [0.1, 0.15) is 20.8 Å². The third kappa shape index (κ3) is 1.52. The lowest BCUT2D eigenvalue weighted by Gasteiger charge is -2.22. The Morgan fingerprint density at radius 3 is 2.73 bits per heavy atom. The van der Waals surface area contributed by atoms with Crippen LogP contribution in [0.15, 0.2) is 16.2 Å². The van der Waals surface area contributed by atoms with Crippen molar-refractivity contribution < 1.29 is 0 Å². The van der Waals surface area contributed by atoms with E-state index in [2.05, 4.69) is 4.98 Å². The molecule has 0 spiro atoms. The van der Waals surface area contributed by atoms with E-state index in [1.165, 1.54) is 11.3 Å². The molecule has 0 saturated carbocycles. The normalized spacial score (nSPS) is 12.2. The second-order valence-corrected chi connectivity index (χ2v) is 5.32. The van der Waals surface area contributed by atoms with Gasteiger partial charge in [-0.15, -0.1) is 11.3 Å². The Morgan fingerprint density at radius 2 is 2.13 bits per heavy atom. The molecule has 0 bridgehead atoms. The van der Waals surface area contributed by atoms with E-state index in [1.807, 2.05) is 32.2 Å². The average molecular weight is 223 g/mol. The molecule has 2 aromatic heterocycles. The maximum absolute atomic E-state index is 11.8. The van der Waals surface area contributed by atoms with Gasteiger partial charge >= 0.3 is 5.69 Å². The topological polar surface area (TPSA) is 60.9 Å². The maximum atomic E-state index is 11.8. The fourth-order valence-electron chi connectivity index (χ4n) is 1.56. The lowest BCUT2D eigenvalue weighted by Crippen LogP contribution is -2.35. The molecule has 2 heterocycles. The predicted molar refractivity (Wildman–Crippen MR) is 63.3 cm³/mol. The quantitative estimate of drug-likeness (QED) is 0.740. The van der Waals surface area contributed by atoms with Gasteiger partial charge in [-0.25, -0.2) is 4.79 Å². The van der Waals surface area contributed by atoms with E-state index in [9.17, 15) is 4.79 Å². The minimum absolute atomic E-state index is 0.277. The number of hydrogen-bond donors (Lipinski definition) is 1. The van der Waals surface area contributed by atoms with Gasteiger partial charge in [0.25, 0.3) is 0 Å². The van der Waals surface area contributed by atoms with Gasteiger partial charge in [0.15, 0.2) is 0 Å². The van der Waals surface area contributed by atoms with E-state index >= 15 is 0 Å². The van der Waals surface area contributed by atoms with Crippen molar-refractivity contribution in [3.05, 3.63) is 21.9 Å². The van der Waals surface area contributed by atoms with Gasteiger partial charge in [0.05, 0.1) is 5.39 Å². The summed E-state index contributed by atoms with van der Waals surface area (Å²) in [6.07, 6.45) is 0. The van der Waals surface area contributed by atoms with Crippen LogP contribution in [0.3, 0.4) is 0 Å². The van der Waals surface area contributed by atoms with Crippen LogP contribution < -0.4 is 11.4 Å². The van der Waals surface area contributed by atoms with Crippen molar-refractivity contribution in [2.24, 2.45) is 0 Å². The van der Waals surface area contributed by atoms with Crippen LogP contribution in [0.5, 0.6) is 0 Å². The van der Waals surface area contributed by atoms with Gasteiger partial charge in [-0.3, -0.25) is 4.57 Å². The summed E-state index contributed by atoms with van der Waals surface area (Å²) in [6.45, 7) is 5.93. The van der Waals surface area contributed by atoms with Crippen molar-refractivity contribution in [1.29, 1.82) is 0 Å². The van der Waals surface area contributed by atoms with E-state index in [0.29, 0.717) is 5.82 Å². The third-order valence-corrected chi connectivity index (χ3v) is 3.10. The zero-order chi connectivity index (χ0) is 11.2. The smallest absolute Gasteiger partial charge is 0.351 e. The second-order valence-electron chi connectivity index (χ2n) is 4.43. The molecular formula is C10H13N3OS. The number of nitrogens with two attached hydrogens (primary N) is 1. The van der Waals surface area contributed by atoms with Crippen molar-refractivity contribution in [2.45, 2.75) is 26.3 Å². The summed E-state index contributed by atoms with van der Waals surface area (Å²) in [6, 6.07) is 1.89. The highest BCUT2D eigenvalue weighted by molar-refractivity contribution is 7.16. The van der Waals surface area contributed by atoms with Crippen molar-refractivity contribution >= 4 is 27.4 Å². The first-order chi connectivity index (χ1) is 6.91. The Bertz CT molecular complexity index is 562. The Kier molecular flexibility index (Phi) is 2.08. The minimum Gasteiger partial charge on any atom is -0.383 e. The zero-order valence-corrected chi connectivity index (χ0v) is 9.76. The van der Waals surface area contributed by atoms with Gasteiger partial charge in [0, 0.05) is 5.54 Å². The number of fused-ring (bicyclic) bond motifs is 1. The molecule has 2 rings (SSSR count). The highest BCUT2D eigenvalue weighted by Crippen LogP contribution is 2.26. The van der Waals surface area contributed by atoms with E-state index in [0.717, 1.165) is 10.2 Å². The van der Waals surface area contributed by atoms with Crippen LogP contribution in [0.2, 0.25) is 0 Å². The fourth-order valence-corrected chi connectivity index (χ4v) is 2.65. The van der Waals surface area contributed by atoms with Crippen LogP contribution in [-0.2, 0) is 5.54 Å². The van der Waals surface area contributed by atoms with Crippen LogP contribution in [0.25, 0.3) is 10.2 Å². The molecule has 0 aromatic carbocycles. The molecule has 0 amide bonds. The summed E-state index contributed by atoms with van der Waals surface area (Å²) in [7, 11) is 0. The molecule has 0 radical (unpaired) electrons. The molecule has 0 aliphatic carbocycles. The lowest BCUT2D eigenvalue weighted by molar-refractivity contribution is 0.394. The monoisotopic (exact) mass is 223 g/mol. The number of nitrogen functional groups attached to an aromatic ring is 1. The number of hydrogen-bond acceptors (Lipinski definition) is 4. The van der Waals surface area contributed by atoms with Gasteiger partial charge in [0.2, 0.25) is 0 Å². The fraction of sp³-hybridized carbons (Fsp3) is 0.400. The highest BCUT2D eigenvalue weighted by Gasteiger charge is 2.20. The summed E-state index contributed by atoms with van der Waals surface area (Å²) in [5.74, 6) is 0.316. The van der Waals surface area contributed by atoms with E-state index < -0.39 is 0 Å². The van der Waals surface area contributed by atoms with Crippen molar-refractivity contribution in [1.82, 2.24) is 9.55 Å². The van der Waals surface area contributed by atoms with E-state index in [-0.39, 0.29) is 11.2 Å². The summed E-state index contributed by atoms with van der Waals surface area (Å²) >= 11 is 1.51. The zero-order valence-electron chi connectivity index (χ0n) is 8.94. The Hall–Kier alpha value is -1.36. The molecular weight excluding hydrogens is 210 g/mol. The van der Waals surface area contributed by atoms with Crippen LogP contribution in [0.4, 0.5) is 5.82 Å². The molecule has 5 heteroatoms. The minimum atomic E-state index is -0.282. The van der Waals surface area contributed by atoms with Crippen molar-refractivity contribution in [3.8, 4) is 0 Å². The number of rotatable bonds is 0. The molecule has 2 N–H and O–H groups in total. The first-order valence-electron chi connectivity index (χ1n) is 4.67. The first-order valence-corrected chi connectivity index (χ1v) is 5.55. The maximum Gasteiger partial charge on any atom is 0.351 e. The molecule has 0 aliphatic heterocycles. The van der Waals surface area contributed by atoms with Crippen molar-refractivity contribution in [3.63, 3.8) is 0 Å². The van der Waals surface area contributed by atoms with Crippen molar-refractivity contribution in [2.75, 3.05) is 5.73 Å². The van der Waals surface area contributed by atoms with Crippen LogP contribution in [0, 0.1) is 0 Å². The highest BCUT2D eigenvalue weighted by atomic mass is 32.1. The Labute approximate surface area is 91.4 Å². The van der Waals surface area contributed by atoms with Crippen LogP contribution >= 0.6 is 11.3 Å². The van der Waals surface area contributed by atoms with Gasteiger partial charge in [-0.05, 0) is 32.2 Å². The Balaban J connectivity index is 2.96. The van der Waals surface area contributed by atoms with Gasteiger partial charge < -0.3 is 5.73 Å². The number of thiophene rings is 1. The number of aromatic nitrogens is 2. The molecule has 2 aromatic rings. The second kappa shape index (κ2) is 3.06. The molecule has 0 aliphatic rings. The van der Waals surface area contributed by atoms with E-state index in [1.54, 1.807) is 4.57 Å². The Morgan fingerprint density at radius 1 is 1.47 bits per heavy atom. The van der Waals surface area contributed by atoms with Gasteiger partial charge in [-0.2, -0.15) is 4.98 Å². The standard InChI is InChI=1S/C10H13N3OS/c1-10(2,3)13-8-6(4-5-15-8)7(11)12-9(13)14/h4-5H,1-3H3,(H2,11,12,14). The van der Waals surface area contributed by atoms with Gasteiger partial charge in [0.1, 0.15) is 10.6 Å². The SMILES string of the molecule is CC(C)(C)n1c(=O)nc(N)c2ccsc21. The third-order valence-electron chi connectivity index (χ3n) is 2.20. The lowest BCUT2D eigenvalue weighted by atomic mass is 10.1. The number of anilines is 1. The molecule has 0 fully saturated rings. The first kappa shape index (κ1) is 10.2. The molecule has 0 atom stereocenters. The predicted octanol–water partition coefficient (Wildman–Crippen LogP) is 1.80. The summed E-state index contributed by atoms with van der Waals surface area (Å²) < 4.78 is 1.68. The molecule has 0 unspecified atom stereocenters. The summed E-state index contributed by atoms with van der Waals surface area (Å²) in [5, 5.41) is 2.78. The molecule has 15 heavy (non-hydrogen) atoms. The molecule has 4 nitrogen and oxygen atoms in total. The molecule has 0 saturated heterocycles. The summed E-state index contributed by atoms with van der Waals surface area (Å²) in [4.78, 5) is 16.5. The van der Waals surface area contributed by atoms with Crippen LogP contribution in [-0.4, -0.2) is 9.55 Å². The van der Waals surface area contributed by atoms with Gasteiger partial charge in [-0.1, -0.05) is 0 Å². The largest absolute Gasteiger partial charge is 0.383 e. The average Bonchev–Trinajstić information content (AvgIpc) is 2.49. The number of nitrogens with zero attached hydrogens (tertiary/aromatic N) is 2. The molecule has 80 valence electrons. The van der Waals surface area contributed by atoms with E-state index in [4.69, 9.17) is 5.73 Å².